The molecule has 138 valence electrons. The number of ketones is 1. The smallest absolute Gasteiger partial charge is 0.416 e. The Kier molecular flexibility index (Phi) is 4.96. The molecule has 1 unspecified atom stereocenters. The predicted octanol–water partition coefficient (Wildman–Crippen LogP) is 5.41. The highest BCUT2D eigenvalue weighted by Crippen LogP contribution is 2.49. The Morgan fingerprint density at radius 3 is 2.27 bits per heavy atom. The van der Waals surface area contributed by atoms with Crippen molar-refractivity contribution < 1.29 is 31.5 Å². The molecular weight excluding hydrogens is 375 g/mol. The summed E-state index contributed by atoms with van der Waals surface area (Å²) in [5.74, 6) is -2.75. The molecule has 26 heavy (non-hydrogen) atoms. The van der Waals surface area contributed by atoms with Crippen LogP contribution in [0.25, 0.3) is 0 Å². The highest BCUT2D eigenvalue weighted by atomic mass is 32.2. The molecule has 2 atom stereocenters. The van der Waals surface area contributed by atoms with Crippen molar-refractivity contribution in [3.05, 3.63) is 59.2 Å². The fourth-order valence-electron chi connectivity index (χ4n) is 2.76. The first-order valence-electron chi connectivity index (χ1n) is 7.63. The van der Waals surface area contributed by atoms with Crippen LogP contribution in [0.5, 0.6) is 5.75 Å². The number of carbonyl (C=O) groups excluding carboxylic acids is 1. The van der Waals surface area contributed by atoms with Crippen LogP contribution in [0.1, 0.15) is 23.3 Å². The summed E-state index contributed by atoms with van der Waals surface area (Å²) in [5.41, 5.74) is -0.893. The molecule has 2 nitrogen and oxygen atoms in total. The Balaban J connectivity index is 1.99. The molecule has 1 heterocycles. The number of alkyl halides is 3. The van der Waals surface area contributed by atoms with Gasteiger partial charge < -0.3 is 4.74 Å². The van der Waals surface area contributed by atoms with Crippen molar-refractivity contribution >= 4 is 17.5 Å². The second-order valence-electron chi connectivity index (χ2n) is 5.86. The van der Waals surface area contributed by atoms with Gasteiger partial charge in [-0.15, -0.1) is 11.8 Å². The van der Waals surface area contributed by atoms with Gasteiger partial charge in [0.15, 0.2) is 11.6 Å². The molecule has 0 saturated carbocycles. The van der Waals surface area contributed by atoms with Crippen LogP contribution in [0, 0.1) is 17.6 Å². The van der Waals surface area contributed by atoms with Gasteiger partial charge in [-0.25, -0.2) is 8.78 Å². The number of fused-ring (bicyclic) bond motifs is 1. The first-order chi connectivity index (χ1) is 12.2. The first kappa shape index (κ1) is 18.7. The number of hydrogen-bond acceptors (Lipinski definition) is 3. The lowest BCUT2D eigenvalue weighted by atomic mass is 9.92. The topological polar surface area (TPSA) is 26.3 Å². The van der Waals surface area contributed by atoms with E-state index in [0.717, 1.165) is 36.0 Å². The molecule has 2 aromatic carbocycles. The van der Waals surface area contributed by atoms with Gasteiger partial charge in [0.05, 0.1) is 23.3 Å². The van der Waals surface area contributed by atoms with Gasteiger partial charge in [-0.1, -0.05) is 0 Å². The van der Waals surface area contributed by atoms with Gasteiger partial charge in [-0.3, -0.25) is 4.79 Å². The molecular formula is C18H13F5O2S. The number of carbonyl (C=O) groups is 1. The third-order valence-electron chi connectivity index (χ3n) is 4.12. The molecule has 1 aliphatic heterocycles. The Morgan fingerprint density at radius 1 is 1.08 bits per heavy atom. The summed E-state index contributed by atoms with van der Waals surface area (Å²) in [5, 5.41) is -0.802. The predicted molar refractivity (Wildman–Crippen MR) is 86.1 cm³/mol. The van der Waals surface area contributed by atoms with Crippen molar-refractivity contribution in [3.63, 3.8) is 0 Å². The average molecular weight is 388 g/mol. The van der Waals surface area contributed by atoms with Crippen LogP contribution < -0.4 is 4.74 Å². The second kappa shape index (κ2) is 6.90. The summed E-state index contributed by atoms with van der Waals surface area (Å²) in [6.45, 7) is 1.19. The lowest BCUT2D eigenvalue weighted by Crippen LogP contribution is -2.31. The fourth-order valence-corrected chi connectivity index (χ4v) is 4.12. The van der Waals surface area contributed by atoms with Crippen molar-refractivity contribution in [2.24, 2.45) is 5.92 Å². The molecule has 0 bridgehead atoms. The molecule has 0 amide bonds. The monoisotopic (exact) mass is 388 g/mol. The van der Waals surface area contributed by atoms with Gasteiger partial charge in [0, 0.05) is 10.5 Å². The Morgan fingerprint density at radius 2 is 1.69 bits per heavy atom. The number of rotatable bonds is 3. The van der Waals surface area contributed by atoms with Crippen LogP contribution in [0.3, 0.4) is 0 Å². The number of hydrogen-bond donors (Lipinski definition) is 0. The van der Waals surface area contributed by atoms with E-state index < -0.39 is 34.5 Å². The van der Waals surface area contributed by atoms with Crippen molar-refractivity contribution in [1.29, 1.82) is 0 Å². The SMILES string of the molecule is CC(=O)[C@@H]1COc2c(F)ccc(F)c2C1Sc1ccc(C(F)(F)F)cc1. The number of thioether (sulfide) groups is 1. The average Bonchev–Trinajstić information content (AvgIpc) is 2.57. The van der Waals surface area contributed by atoms with E-state index >= 15 is 0 Å². The molecule has 1 aliphatic rings. The summed E-state index contributed by atoms with van der Waals surface area (Å²) in [6.07, 6.45) is -4.47. The molecule has 0 spiro atoms. The quantitative estimate of drug-likeness (QED) is 0.658. The zero-order valence-corrected chi connectivity index (χ0v) is 14.3. The number of benzene rings is 2. The molecule has 0 radical (unpaired) electrons. The van der Waals surface area contributed by atoms with E-state index in [1.807, 2.05) is 0 Å². The molecule has 2 aromatic rings. The summed E-state index contributed by atoms with van der Waals surface area (Å²) < 4.78 is 71.6. The maximum atomic E-state index is 14.3. The zero-order valence-electron chi connectivity index (χ0n) is 13.4. The van der Waals surface area contributed by atoms with Gasteiger partial charge in [0.25, 0.3) is 0 Å². The molecule has 8 heteroatoms. The van der Waals surface area contributed by atoms with E-state index in [1.54, 1.807) is 0 Å². The minimum absolute atomic E-state index is 0.0821. The third-order valence-corrected chi connectivity index (χ3v) is 5.48. The van der Waals surface area contributed by atoms with Gasteiger partial charge in [-0.2, -0.15) is 13.2 Å². The lowest BCUT2D eigenvalue weighted by Gasteiger charge is -2.32. The number of halogens is 5. The van der Waals surface area contributed by atoms with E-state index in [1.165, 1.54) is 19.1 Å². The van der Waals surface area contributed by atoms with Crippen LogP contribution in [0.15, 0.2) is 41.3 Å². The van der Waals surface area contributed by atoms with Crippen molar-refractivity contribution in [2.45, 2.75) is 23.2 Å². The maximum Gasteiger partial charge on any atom is 0.416 e. The van der Waals surface area contributed by atoms with Crippen LogP contribution in [-0.4, -0.2) is 12.4 Å². The first-order valence-corrected chi connectivity index (χ1v) is 8.51. The lowest BCUT2D eigenvalue weighted by molar-refractivity contribution is -0.137. The highest BCUT2D eigenvalue weighted by Gasteiger charge is 2.38. The molecule has 0 aromatic heterocycles. The van der Waals surface area contributed by atoms with Crippen LogP contribution in [0.4, 0.5) is 22.0 Å². The van der Waals surface area contributed by atoms with E-state index in [9.17, 15) is 26.7 Å². The summed E-state index contributed by atoms with van der Waals surface area (Å²) >= 11 is 1.01. The summed E-state index contributed by atoms with van der Waals surface area (Å²) in [6, 6.07) is 6.19. The molecule has 0 saturated heterocycles. The maximum absolute atomic E-state index is 14.3. The van der Waals surface area contributed by atoms with Gasteiger partial charge in [0.2, 0.25) is 0 Å². The van der Waals surface area contributed by atoms with Crippen molar-refractivity contribution in [1.82, 2.24) is 0 Å². The van der Waals surface area contributed by atoms with E-state index in [2.05, 4.69) is 0 Å². The van der Waals surface area contributed by atoms with E-state index in [4.69, 9.17) is 4.74 Å². The van der Waals surface area contributed by atoms with Crippen LogP contribution >= 0.6 is 11.8 Å². The minimum atomic E-state index is -4.47. The van der Waals surface area contributed by atoms with Crippen molar-refractivity contribution in [3.8, 4) is 5.75 Å². The molecule has 3 rings (SSSR count). The van der Waals surface area contributed by atoms with Gasteiger partial charge >= 0.3 is 6.18 Å². The van der Waals surface area contributed by atoms with E-state index in [0.29, 0.717) is 4.90 Å². The Labute approximate surface area is 150 Å². The number of Topliss-reactive ketones (excluding diaryl/α,β-unsaturated/α-hetero) is 1. The molecule has 0 aliphatic carbocycles. The highest BCUT2D eigenvalue weighted by molar-refractivity contribution is 7.99. The second-order valence-corrected chi connectivity index (χ2v) is 7.08. The third kappa shape index (κ3) is 3.56. The van der Waals surface area contributed by atoms with Gasteiger partial charge in [0.1, 0.15) is 11.6 Å². The van der Waals surface area contributed by atoms with Crippen LogP contribution in [-0.2, 0) is 11.0 Å². The van der Waals surface area contributed by atoms with Crippen LogP contribution in [0.2, 0.25) is 0 Å². The number of ether oxygens (including phenoxy) is 1. The van der Waals surface area contributed by atoms with Gasteiger partial charge in [-0.05, 0) is 43.3 Å². The largest absolute Gasteiger partial charge is 0.489 e. The van der Waals surface area contributed by atoms with Crippen molar-refractivity contribution in [2.75, 3.05) is 6.61 Å². The minimum Gasteiger partial charge on any atom is -0.489 e. The molecule has 0 fully saturated rings. The van der Waals surface area contributed by atoms with E-state index in [-0.39, 0.29) is 23.7 Å². The Hall–Kier alpha value is -2.09. The normalized spacial score (nSPS) is 19.6. The standard InChI is InChI=1S/C18H13F5O2S/c1-9(24)12-8-25-16-14(20)7-6-13(19)15(16)17(12)26-11-4-2-10(3-5-11)18(21,22)23/h2-7,12,17H,8H2,1H3/t12-,17?/m0/s1. The fraction of sp³-hybridized carbons (Fsp3) is 0.278. The summed E-state index contributed by atoms with van der Waals surface area (Å²) in [4.78, 5) is 12.3. The zero-order chi connectivity index (χ0) is 19.1. The summed E-state index contributed by atoms with van der Waals surface area (Å²) in [7, 11) is 0. The Bertz CT molecular complexity index is 833. The molecule has 0 N–H and O–H groups in total.